The minimum absolute atomic E-state index is 0.0532. The van der Waals surface area contributed by atoms with Crippen LogP contribution in [0.3, 0.4) is 0 Å². The maximum atomic E-state index is 6.43. The van der Waals surface area contributed by atoms with Crippen LogP contribution in [0.5, 0.6) is 0 Å². The summed E-state index contributed by atoms with van der Waals surface area (Å²) in [6.07, 6.45) is 8.38. The monoisotopic (exact) mass is 281 g/mol. The Kier molecular flexibility index (Phi) is 5.54. The second-order valence-electron chi connectivity index (χ2n) is 5.88. The van der Waals surface area contributed by atoms with Gasteiger partial charge in [-0.15, -0.1) is 0 Å². The first-order valence-electron chi connectivity index (χ1n) is 7.90. The Labute approximate surface area is 121 Å². The van der Waals surface area contributed by atoms with Gasteiger partial charge in [-0.3, -0.25) is 0 Å². The van der Waals surface area contributed by atoms with Crippen LogP contribution < -0.4 is 5.73 Å². The Morgan fingerprint density at radius 2 is 2.05 bits per heavy atom. The van der Waals surface area contributed by atoms with Crippen molar-refractivity contribution in [1.29, 1.82) is 0 Å². The van der Waals surface area contributed by atoms with E-state index in [0.29, 0.717) is 24.7 Å². The topological polar surface area (TPSA) is 74.2 Å². The first-order chi connectivity index (χ1) is 9.67. The van der Waals surface area contributed by atoms with Gasteiger partial charge in [0, 0.05) is 18.6 Å². The number of hydrogen-bond acceptors (Lipinski definition) is 5. The molecule has 1 unspecified atom stereocenters. The third-order valence-corrected chi connectivity index (χ3v) is 4.04. The first kappa shape index (κ1) is 15.4. The van der Waals surface area contributed by atoms with Crippen LogP contribution in [0.15, 0.2) is 4.52 Å². The van der Waals surface area contributed by atoms with Gasteiger partial charge in [-0.2, -0.15) is 4.98 Å². The van der Waals surface area contributed by atoms with Gasteiger partial charge < -0.3 is 15.0 Å². The Balaban J connectivity index is 2.00. The van der Waals surface area contributed by atoms with E-state index in [1.54, 1.807) is 0 Å². The highest BCUT2D eigenvalue weighted by atomic mass is 16.5. The molecule has 0 saturated heterocycles. The first-order valence-corrected chi connectivity index (χ1v) is 7.90. The van der Waals surface area contributed by atoms with Gasteiger partial charge in [0.15, 0.2) is 0 Å². The predicted octanol–water partition coefficient (Wildman–Crippen LogP) is 3.15. The van der Waals surface area contributed by atoms with Crippen LogP contribution in [-0.2, 0) is 11.2 Å². The molecule has 0 aromatic carbocycles. The fourth-order valence-electron chi connectivity index (χ4n) is 2.95. The molecule has 0 aliphatic heterocycles. The highest BCUT2D eigenvalue weighted by Gasteiger charge is 2.30. The van der Waals surface area contributed by atoms with Crippen LogP contribution in [0.2, 0.25) is 0 Å². The number of rotatable bonds is 7. The molecule has 2 N–H and O–H groups in total. The summed E-state index contributed by atoms with van der Waals surface area (Å²) in [6.45, 7) is 4.78. The molecule has 5 nitrogen and oxygen atoms in total. The standard InChI is InChI=1S/C15H27N3O2/c1-3-8-12(19-4-2)14-17-13(20-18-14)11-15(16)9-6-5-7-10-15/h12H,3-11,16H2,1-2H3. The number of ether oxygens (including phenoxy) is 1. The molecule has 2 rings (SSSR count). The Bertz CT molecular complexity index is 394. The smallest absolute Gasteiger partial charge is 0.228 e. The predicted molar refractivity (Wildman–Crippen MR) is 77.3 cm³/mol. The molecule has 1 aliphatic rings. The van der Waals surface area contributed by atoms with Gasteiger partial charge in [0.05, 0.1) is 0 Å². The molecule has 1 aromatic rings. The summed E-state index contributed by atoms with van der Waals surface area (Å²) in [5.41, 5.74) is 6.28. The third kappa shape index (κ3) is 4.03. The van der Waals surface area contributed by atoms with Gasteiger partial charge in [0.2, 0.25) is 11.7 Å². The zero-order chi connectivity index (χ0) is 14.4. The SMILES string of the molecule is CCCC(OCC)c1noc(CC2(N)CCCCC2)n1. The molecule has 1 heterocycles. The lowest BCUT2D eigenvalue weighted by atomic mass is 9.80. The molecular weight excluding hydrogens is 254 g/mol. The quantitative estimate of drug-likeness (QED) is 0.831. The van der Waals surface area contributed by atoms with E-state index < -0.39 is 0 Å². The van der Waals surface area contributed by atoms with Crippen LogP contribution in [0.25, 0.3) is 0 Å². The van der Waals surface area contributed by atoms with E-state index in [4.69, 9.17) is 15.0 Å². The van der Waals surface area contributed by atoms with Gasteiger partial charge in [-0.05, 0) is 26.2 Å². The maximum absolute atomic E-state index is 6.43. The minimum atomic E-state index is -0.159. The normalized spacial score (nSPS) is 19.9. The van der Waals surface area contributed by atoms with Crippen molar-refractivity contribution in [2.75, 3.05) is 6.61 Å². The van der Waals surface area contributed by atoms with E-state index in [0.717, 1.165) is 25.7 Å². The molecule has 1 aromatic heterocycles. The average molecular weight is 281 g/mol. The van der Waals surface area contributed by atoms with Crippen molar-refractivity contribution in [2.24, 2.45) is 5.73 Å². The van der Waals surface area contributed by atoms with E-state index in [2.05, 4.69) is 17.1 Å². The van der Waals surface area contributed by atoms with E-state index in [1.807, 2.05) is 6.92 Å². The molecule has 0 bridgehead atoms. The summed E-state index contributed by atoms with van der Waals surface area (Å²) in [6, 6.07) is 0. The Hall–Kier alpha value is -0.940. The highest BCUT2D eigenvalue weighted by molar-refractivity contribution is 4.99. The highest BCUT2D eigenvalue weighted by Crippen LogP contribution is 2.29. The average Bonchev–Trinajstić information content (AvgIpc) is 2.87. The summed E-state index contributed by atoms with van der Waals surface area (Å²) in [5.74, 6) is 1.33. The second kappa shape index (κ2) is 7.18. The van der Waals surface area contributed by atoms with Gasteiger partial charge in [0.1, 0.15) is 6.10 Å². The molecule has 5 heteroatoms. The third-order valence-electron chi connectivity index (χ3n) is 4.04. The van der Waals surface area contributed by atoms with Crippen molar-refractivity contribution in [1.82, 2.24) is 10.1 Å². The van der Waals surface area contributed by atoms with Crippen molar-refractivity contribution in [2.45, 2.75) is 76.9 Å². The maximum Gasteiger partial charge on any atom is 0.228 e. The molecule has 20 heavy (non-hydrogen) atoms. The molecule has 0 spiro atoms. The van der Waals surface area contributed by atoms with Crippen LogP contribution in [0, 0.1) is 0 Å². The largest absolute Gasteiger partial charge is 0.370 e. The summed E-state index contributed by atoms with van der Waals surface area (Å²) < 4.78 is 11.1. The summed E-state index contributed by atoms with van der Waals surface area (Å²) >= 11 is 0. The summed E-state index contributed by atoms with van der Waals surface area (Å²) in [7, 11) is 0. The van der Waals surface area contributed by atoms with E-state index in [-0.39, 0.29) is 11.6 Å². The van der Waals surface area contributed by atoms with E-state index in [1.165, 1.54) is 19.3 Å². The van der Waals surface area contributed by atoms with Gasteiger partial charge in [-0.25, -0.2) is 0 Å². The molecule has 1 saturated carbocycles. The number of nitrogens with zero attached hydrogens (tertiary/aromatic N) is 2. The minimum Gasteiger partial charge on any atom is -0.370 e. The lowest BCUT2D eigenvalue weighted by molar-refractivity contribution is 0.0477. The summed E-state index contributed by atoms with van der Waals surface area (Å²) in [4.78, 5) is 4.50. The molecule has 114 valence electrons. The molecule has 0 amide bonds. The van der Waals surface area contributed by atoms with Crippen LogP contribution >= 0.6 is 0 Å². The molecule has 1 fully saturated rings. The fraction of sp³-hybridized carbons (Fsp3) is 0.867. The molecule has 0 radical (unpaired) electrons. The zero-order valence-electron chi connectivity index (χ0n) is 12.7. The van der Waals surface area contributed by atoms with Crippen molar-refractivity contribution in [3.05, 3.63) is 11.7 Å². The summed E-state index contributed by atoms with van der Waals surface area (Å²) in [5, 5.41) is 4.08. The Morgan fingerprint density at radius 1 is 1.30 bits per heavy atom. The van der Waals surface area contributed by atoms with Crippen LogP contribution in [0.4, 0.5) is 0 Å². The van der Waals surface area contributed by atoms with Crippen molar-refractivity contribution >= 4 is 0 Å². The lowest BCUT2D eigenvalue weighted by Gasteiger charge is -2.31. The molecule has 1 atom stereocenters. The Morgan fingerprint density at radius 3 is 2.70 bits per heavy atom. The van der Waals surface area contributed by atoms with Gasteiger partial charge in [-0.1, -0.05) is 37.8 Å². The van der Waals surface area contributed by atoms with E-state index >= 15 is 0 Å². The van der Waals surface area contributed by atoms with E-state index in [9.17, 15) is 0 Å². The molecule has 1 aliphatic carbocycles. The second-order valence-corrected chi connectivity index (χ2v) is 5.88. The van der Waals surface area contributed by atoms with Gasteiger partial charge >= 0.3 is 0 Å². The number of nitrogens with two attached hydrogens (primary N) is 1. The molecular formula is C15H27N3O2. The van der Waals surface area contributed by atoms with Crippen LogP contribution in [-0.4, -0.2) is 22.3 Å². The van der Waals surface area contributed by atoms with Gasteiger partial charge in [0.25, 0.3) is 0 Å². The number of aromatic nitrogens is 2. The van der Waals surface area contributed by atoms with Crippen molar-refractivity contribution in [3.8, 4) is 0 Å². The number of hydrogen-bond donors (Lipinski definition) is 1. The van der Waals surface area contributed by atoms with Crippen molar-refractivity contribution in [3.63, 3.8) is 0 Å². The van der Waals surface area contributed by atoms with Crippen molar-refractivity contribution < 1.29 is 9.26 Å². The zero-order valence-corrected chi connectivity index (χ0v) is 12.7. The van der Waals surface area contributed by atoms with Crippen LogP contribution in [0.1, 0.15) is 76.6 Å². The lowest BCUT2D eigenvalue weighted by Crippen LogP contribution is -2.43. The fourth-order valence-corrected chi connectivity index (χ4v) is 2.95.